The van der Waals surface area contributed by atoms with Crippen molar-refractivity contribution < 1.29 is 0 Å². The first-order chi connectivity index (χ1) is 4.72. The molecule has 0 atom stereocenters. The van der Waals surface area contributed by atoms with Crippen molar-refractivity contribution >= 4 is 0 Å². The van der Waals surface area contributed by atoms with Gasteiger partial charge < -0.3 is 5.73 Å². The average Bonchev–Trinajstić information content (AvgIpc) is 1.89. The third-order valence-corrected chi connectivity index (χ3v) is 1.21. The Balaban J connectivity index is 3.68. The largest absolute Gasteiger partial charge is 0.320 e. The molecule has 55 valence electrons. The predicted molar refractivity (Wildman–Crippen MR) is 46.2 cm³/mol. The molecule has 1 heteroatoms. The van der Waals surface area contributed by atoms with Crippen molar-refractivity contribution in [1.82, 2.24) is 0 Å². The van der Waals surface area contributed by atoms with E-state index >= 15 is 0 Å². The van der Waals surface area contributed by atoms with E-state index < -0.39 is 0 Å². The molecule has 0 aliphatic carbocycles. The molecular weight excluding hydrogens is 126 g/mol. The summed E-state index contributed by atoms with van der Waals surface area (Å²) in [6.45, 7) is 10.9. The lowest BCUT2D eigenvalue weighted by molar-refractivity contribution is 0.943. The smallest absolute Gasteiger partial charge is 0.0628 e. The van der Waals surface area contributed by atoms with Gasteiger partial charge >= 0.3 is 0 Å². The van der Waals surface area contributed by atoms with Crippen LogP contribution in [0.4, 0.5) is 0 Å². The van der Waals surface area contributed by atoms with Gasteiger partial charge in [-0.25, -0.2) is 0 Å². The van der Waals surface area contributed by atoms with Gasteiger partial charge in [0.15, 0.2) is 0 Å². The normalized spacial score (nSPS) is 9.40. The first-order valence-corrected chi connectivity index (χ1v) is 3.23. The molecule has 0 amide bonds. The summed E-state index contributed by atoms with van der Waals surface area (Å²) in [4.78, 5) is 0. The molecule has 0 aromatic rings. The fourth-order valence-electron chi connectivity index (χ4n) is 0.605. The third kappa shape index (κ3) is 3.25. The van der Waals surface area contributed by atoms with Gasteiger partial charge in [0.05, 0.1) is 6.04 Å². The fraction of sp³-hybridized carbons (Fsp3) is 0.222. The molecule has 10 heavy (non-hydrogen) atoms. The Morgan fingerprint density at radius 2 is 1.70 bits per heavy atom. The van der Waals surface area contributed by atoms with Gasteiger partial charge in [0.1, 0.15) is 0 Å². The van der Waals surface area contributed by atoms with Crippen LogP contribution in [0.3, 0.4) is 0 Å². The van der Waals surface area contributed by atoms with Crippen LogP contribution in [0.5, 0.6) is 0 Å². The highest BCUT2D eigenvalue weighted by molar-refractivity contribution is 5.21. The summed E-state index contributed by atoms with van der Waals surface area (Å²) < 4.78 is 0. The first kappa shape index (κ1) is 9.18. The Labute approximate surface area is 62.9 Å². The van der Waals surface area contributed by atoms with E-state index in [2.05, 4.69) is 19.7 Å². The van der Waals surface area contributed by atoms with Crippen molar-refractivity contribution in [3.05, 3.63) is 43.5 Å². The molecule has 0 heterocycles. The molecular formula is C9H14N. The summed E-state index contributed by atoms with van der Waals surface area (Å²) >= 11 is 0. The summed E-state index contributed by atoms with van der Waals surface area (Å²) in [6, 6.07) is 0.801. The SMILES string of the molecule is C=C[14CH2][C](N)C(=C)[14CH2]C=C. The van der Waals surface area contributed by atoms with E-state index in [4.69, 9.17) is 5.73 Å². The molecule has 0 saturated heterocycles. The quantitative estimate of drug-likeness (QED) is 0.582. The molecule has 0 spiro atoms. The van der Waals surface area contributed by atoms with Crippen molar-refractivity contribution in [1.29, 1.82) is 0 Å². The van der Waals surface area contributed by atoms with Gasteiger partial charge in [0.2, 0.25) is 0 Å². The monoisotopic (exact) mass is 140 g/mol. The topological polar surface area (TPSA) is 26.0 Å². The van der Waals surface area contributed by atoms with Gasteiger partial charge in [-0.05, 0) is 12.8 Å². The molecule has 0 saturated carbocycles. The van der Waals surface area contributed by atoms with Crippen molar-refractivity contribution in [3.8, 4) is 0 Å². The van der Waals surface area contributed by atoms with Crippen LogP contribution in [0, 0.1) is 6.04 Å². The number of hydrogen-bond donors (Lipinski definition) is 1. The Kier molecular flexibility index (Phi) is 4.59. The summed E-state index contributed by atoms with van der Waals surface area (Å²) in [6.07, 6.45) is 5.04. The van der Waals surface area contributed by atoms with E-state index in [9.17, 15) is 0 Å². The maximum atomic E-state index is 5.61. The zero-order valence-electron chi connectivity index (χ0n) is 6.27. The zero-order chi connectivity index (χ0) is 7.98. The van der Waals surface area contributed by atoms with Gasteiger partial charge in [-0.3, -0.25) is 0 Å². The lowest BCUT2D eigenvalue weighted by atomic mass is 10.4. The molecule has 0 aromatic carbocycles. The maximum absolute atomic E-state index is 5.61. The molecule has 0 aromatic heterocycles. The second-order valence-corrected chi connectivity index (χ2v) is 2.11. The second-order valence-electron chi connectivity index (χ2n) is 2.11. The Hall–Kier alpha value is -0.820. The minimum absolute atomic E-state index is 0.715. The van der Waals surface area contributed by atoms with Crippen LogP contribution >= 0.6 is 0 Å². The van der Waals surface area contributed by atoms with Crippen LogP contribution < -0.4 is 5.73 Å². The standard InChI is InChI=1S/C9H14N/c1-4-6-8(3)9(10)7-5-2/h4-5H,1-3,6-7,10H2/i6+2,7+2. The van der Waals surface area contributed by atoms with Gasteiger partial charge in [-0.2, -0.15) is 0 Å². The molecule has 1 nitrogen and oxygen atoms in total. The van der Waals surface area contributed by atoms with Gasteiger partial charge in [-0.1, -0.05) is 24.3 Å². The van der Waals surface area contributed by atoms with Crippen LogP contribution in [0.2, 0.25) is 0 Å². The Morgan fingerprint density at radius 1 is 1.20 bits per heavy atom. The van der Waals surface area contributed by atoms with Crippen LogP contribution in [-0.4, -0.2) is 0 Å². The third-order valence-electron chi connectivity index (χ3n) is 1.21. The van der Waals surface area contributed by atoms with Crippen molar-refractivity contribution in [2.75, 3.05) is 0 Å². The van der Waals surface area contributed by atoms with Crippen molar-refractivity contribution in [2.24, 2.45) is 5.73 Å². The van der Waals surface area contributed by atoms with Crippen molar-refractivity contribution in [2.45, 2.75) is 12.8 Å². The number of allylic oxidation sites excluding steroid dienone is 1. The summed E-state index contributed by atoms with van der Waals surface area (Å²) in [5.74, 6) is 0. The highest BCUT2D eigenvalue weighted by Crippen LogP contribution is 2.13. The highest BCUT2D eigenvalue weighted by atomic mass is 15.1. The summed E-state index contributed by atoms with van der Waals surface area (Å²) in [5, 5.41) is 0. The number of nitrogens with two attached hydrogens (primary N) is 1. The van der Waals surface area contributed by atoms with E-state index in [1.165, 1.54) is 0 Å². The summed E-state index contributed by atoms with van der Waals surface area (Å²) in [5.41, 5.74) is 6.55. The van der Waals surface area contributed by atoms with E-state index in [0.29, 0.717) is 6.42 Å². The minimum Gasteiger partial charge on any atom is -0.320 e. The predicted octanol–water partition coefficient (Wildman–Crippen LogP) is 2.19. The van der Waals surface area contributed by atoms with Crippen LogP contribution in [-0.2, 0) is 0 Å². The van der Waals surface area contributed by atoms with Gasteiger partial charge in [0, 0.05) is 0 Å². The molecule has 0 rings (SSSR count). The number of hydrogen-bond acceptors (Lipinski definition) is 1. The zero-order valence-corrected chi connectivity index (χ0v) is 6.27. The maximum Gasteiger partial charge on any atom is 0.0628 e. The van der Waals surface area contributed by atoms with E-state index in [1.54, 1.807) is 12.2 Å². The van der Waals surface area contributed by atoms with Crippen molar-refractivity contribution in [3.63, 3.8) is 0 Å². The van der Waals surface area contributed by atoms with Gasteiger partial charge in [-0.15, -0.1) is 13.2 Å². The molecule has 0 aliphatic heterocycles. The van der Waals surface area contributed by atoms with Crippen LogP contribution in [0.15, 0.2) is 37.5 Å². The molecule has 2 N–H and O–H groups in total. The van der Waals surface area contributed by atoms with E-state index in [-0.39, 0.29) is 0 Å². The summed E-state index contributed by atoms with van der Waals surface area (Å²) in [7, 11) is 0. The molecule has 0 aliphatic rings. The molecule has 0 fully saturated rings. The van der Waals surface area contributed by atoms with Crippen LogP contribution in [0.1, 0.15) is 12.8 Å². The minimum atomic E-state index is 0.715. The molecule has 0 unspecified atom stereocenters. The lowest BCUT2D eigenvalue weighted by Crippen LogP contribution is -2.10. The Bertz CT molecular complexity index is 136. The first-order valence-electron chi connectivity index (χ1n) is 3.23. The fourth-order valence-corrected chi connectivity index (χ4v) is 0.605. The molecule has 0 bridgehead atoms. The number of rotatable bonds is 5. The van der Waals surface area contributed by atoms with E-state index in [0.717, 1.165) is 18.0 Å². The van der Waals surface area contributed by atoms with E-state index in [1.807, 2.05) is 0 Å². The van der Waals surface area contributed by atoms with Gasteiger partial charge in [0.25, 0.3) is 0 Å². The lowest BCUT2D eigenvalue weighted by Gasteiger charge is -2.08. The average molecular weight is 140 g/mol. The van der Waals surface area contributed by atoms with Crippen LogP contribution in [0.25, 0.3) is 0 Å². The molecule has 1 radical (unpaired) electrons. The Morgan fingerprint density at radius 3 is 2.10 bits per heavy atom. The highest BCUT2D eigenvalue weighted by Gasteiger charge is 2.02. The second kappa shape index (κ2) is 5.00.